The van der Waals surface area contributed by atoms with Gasteiger partial charge in [-0.25, -0.2) is 14.1 Å². The number of carbonyl (C=O) groups excluding carboxylic acids is 2. The van der Waals surface area contributed by atoms with Gasteiger partial charge in [0, 0.05) is 54.8 Å². The van der Waals surface area contributed by atoms with E-state index in [1.165, 1.54) is 0 Å². The lowest BCUT2D eigenvalue weighted by Gasteiger charge is -2.16. The van der Waals surface area contributed by atoms with Crippen LogP contribution in [0.25, 0.3) is 16.3 Å². The number of aromatic nitrogens is 2. The molecular formula is C22H29N5O4. The molecule has 3 rings (SSSR count). The van der Waals surface area contributed by atoms with Gasteiger partial charge in [-0.1, -0.05) is 24.3 Å². The van der Waals surface area contributed by atoms with Crippen LogP contribution in [-0.4, -0.2) is 49.0 Å². The van der Waals surface area contributed by atoms with Crippen molar-refractivity contribution in [3.63, 3.8) is 0 Å². The molecule has 0 aliphatic rings. The highest BCUT2D eigenvalue weighted by Gasteiger charge is 2.23. The van der Waals surface area contributed by atoms with Gasteiger partial charge in [-0.2, -0.15) is 0 Å². The van der Waals surface area contributed by atoms with Crippen molar-refractivity contribution in [2.75, 3.05) is 32.1 Å². The van der Waals surface area contributed by atoms with Gasteiger partial charge in [-0.3, -0.25) is 0 Å². The fourth-order valence-electron chi connectivity index (χ4n) is 3.56. The van der Waals surface area contributed by atoms with Crippen molar-refractivity contribution in [2.24, 2.45) is 0 Å². The Balaban J connectivity index is 2.18. The zero-order valence-electron chi connectivity index (χ0n) is 18.6. The first-order valence-corrected chi connectivity index (χ1v) is 10.3. The van der Waals surface area contributed by atoms with Crippen molar-refractivity contribution in [1.82, 2.24) is 20.2 Å². The van der Waals surface area contributed by atoms with Crippen LogP contribution in [0.5, 0.6) is 0 Å². The molecule has 166 valence electrons. The zero-order chi connectivity index (χ0) is 22.5. The van der Waals surface area contributed by atoms with Gasteiger partial charge in [-0.05, 0) is 20.8 Å². The SMILES string of the molecule is CCNC(=O)OCc1c(COC(=O)NCC)c2c3ccccc3c(N(C)C)nn2c1C. The lowest BCUT2D eigenvalue weighted by Crippen LogP contribution is -2.24. The average Bonchev–Trinajstić information content (AvgIpc) is 3.01. The maximum atomic E-state index is 12.0. The Morgan fingerprint density at radius 1 is 0.968 bits per heavy atom. The summed E-state index contributed by atoms with van der Waals surface area (Å²) in [5, 5.41) is 12.1. The van der Waals surface area contributed by atoms with Crippen LogP contribution in [0.4, 0.5) is 15.4 Å². The number of alkyl carbamates (subject to hydrolysis) is 2. The van der Waals surface area contributed by atoms with Crippen LogP contribution in [0.15, 0.2) is 24.3 Å². The van der Waals surface area contributed by atoms with E-state index < -0.39 is 12.2 Å². The van der Waals surface area contributed by atoms with Gasteiger partial charge >= 0.3 is 12.2 Å². The van der Waals surface area contributed by atoms with E-state index in [0.29, 0.717) is 13.1 Å². The van der Waals surface area contributed by atoms with Crippen LogP contribution < -0.4 is 15.5 Å². The molecule has 0 aliphatic carbocycles. The third kappa shape index (κ3) is 4.50. The summed E-state index contributed by atoms with van der Waals surface area (Å²) in [6.07, 6.45) is -1.00. The molecule has 3 aromatic rings. The number of benzene rings is 1. The third-order valence-corrected chi connectivity index (χ3v) is 5.00. The molecule has 9 nitrogen and oxygen atoms in total. The third-order valence-electron chi connectivity index (χ3n) is 5.00. The second-order valence-electron chi connectivity index (χ2n) is 7.28. The number of aryl methyl sites for hydroxylation is 1. The Hall–Kier alpha value is -3.49. The van der Waals surface area contributed by atoms with E-state index in [0.717, 1.165) is 38.9 Å². The molecule has 0 radical (unpaired) electrons. The van der Waals surface area contributed by atoms with E-state index in [4.69, 9.17) is 14.6 Å². The topological polar surface area (TPSA) is 97.2 Å². The minimum atomic E-state index is -0.503. The number of anilines is 1. The number of amides is 2. The lowest BCUT2D eigenvalue weighted by molar-refractivity contribution is 0.132. The maximum absolute atomic E-state index is 12.0. The first-order chi connectivity index (χ1) is 14.9. The van der Waals surface area contributed by atoms with Gasteiger partial charge in [0.25, 0.3) is 0 Å². The van der Waals surface area contributed by atoms with Crippen molar-refractivity contribution in [2.45, 2.75) is 34.0 Å². The normalized spacial score (nSPS) is 10.9. The summed E-state index contributed by atoms with van der Waals surface area (Å²) in [5.41, 5.74) is 3.19. The number of nitrogens with one attached hydrogen (secondary N) is 2. The van der Waals surface area contributed by atoms with Crippen LogP contribution >= 0.6 is 0 Å². The minimum absolute atomic E-state index is 0.0320. The van der Waals surface area contributed by atoms with E-state index in [-0.39, 0.29) is 13.2 Å². The Morgan fingerprint density at radius 3 is 2.06 bits per heavy atom. The molecule has 0 saturated carbocycles. The fraction of sp³-hybridized carbons (Fsp3) is 0.409. The van der Waals surface area contributed by atoms with E-state index in [1.54, 1.807) is 0 Å². The van der Waals surface area contributed by atoms with E-state index >= 15 is 0 Å². The lowest BCUT2D eigenvalue weighted by atomic mass is 10.1. The van der Waals surface area contributed by atoms with Gasteiger partial charge in [0.1, 0.15) is 13.2 Å². The van der Waals surface area contributed by atoms with Crippen molar-refractivity contribution in [3.8, 4) is 0 Å². The van der Waals surface area contributed by atoms with Crippen LogP contribution in [0.2, 0.25) is 0 Å². The number of nitrogens with zero attached hydrogens (tertiary/aromatic N) is 3. The number of ether oxygens (including phenoxy) is 2. The fourth-order valence-corrected chi connectivity index (χ4v) is 3.56. The summed E-state index contributed by atoms with van der Waals surface area (Å²) in [5.74, 6) is 0.814. The number of rotatable bonds is 7. The Morgan fingerprint density at radius 2 is 1.52 bits per heavy atom. The maximum Gasteiger partial charge on any atom is 0.407 e. The summed E-state index contributed by atoms with van der Waals surface area (Å²) in [7, 11) is 3.88. The molecule has 1 aromatic carbocycles. The standard InChI is InChI=1S/C22H29N5O4/c1-6-23-21(28)30-12-17-14(3)27-19(18(17)13-31-22(29)24-7-2)15-10-8-9-11-16(15)20(25-27)26(4)5/h8-11H,6-7,12-13H2,1-5H3,(H,23,28)(H,24,29). The zero-order valence-corrected chi connectivity index (χ0v) is 18.6. The largest absolute Gasteiger partial charge is 0.445 e. The van der Waals surface area contributed by atoms with Crippen molar-refractivity contribution in [3.05, 3.63) is 41.1 Å². The molecule has 0 saturated heterocycles. The van der Waals surface area contributed by atoms with E-state index in [2.05, 4.69) is 10.6 Å². The monoisotopic (exact) mass is 427 g/mol. The smallest absolute Gasteiger partial charge is 0.407 e. The van der Waals surface area contributed by atoms with Crippen molar-refractivity contribution < 1.29 is 19.1 Å². The summed E-state index contributed by atoms with van der Waals surface area (Å²) in [6, 6.07) is 7.96. The number of hydrogen-bond acceptors (Lipinski definition) is 6. The molecule has 0 bridgehead atoms. The first kappa shape index (κ1) is 22.2. The van der Waals surface area contributed by atoms with Crippen LogP contribution in [0.1, 0.15) is 30.7 Å². The quantitative estimate of drug-likeness (QED) is 0.600. The molecule has 2 aromatic heterocycles. The highest BCUT2D eigenvalue weighted by Crippen LogP contribution is 2.34. The molecule has 0 atom stereocenters. The second-order valence-corrected chi connectivity index (χ2v) is 7.28. The van der Waals surface area contributed by atoms with Crippen molar-refractivity contribution >= 4 is 34.3 Å². The molecule has 2 amide bonds. The second kappa shape index (κ2) is 9.55. The number of hydrogen-bond donors (Lipinski definition) is 2. The number of fused-ring (bicyclic) bond motifs is 3. The summed E-state index contributed by atoms with van der Waals surface area (Å²) in [4.78, 5) is 25.8. The molecular weight excluding hydrogens is 398 g/mol. The molecule has 0 unspecified atom stereocenters. The molecule has 0 fully saturated rings. The predicted octanol–water partition coefficient (Wildman–Crippen LogP) is 3.35. The number of carbonyl (C=O) groups is 2. The Labute approximate surface area is 181 Å². The van der Waals surface area contributed by atoms with Crippen LogP contribution in [-0.2, 0) is 22.7 Å². The van der Waals surface area contributed by atoms with Crippen LogP contribution in [0, 0.1) is 6.92 Å². The Bertz CT molecular complexity index is 1110. The summed E-state index contributed by atoms with van der Waals surface area (Å²) >= 11 is 0. The molecule has 0 aliphatic heterocycles. The molecule has 31 heavy (non-hydrogen) atoms. The highest BCUT2D eigenvalue weighted by molar-refractivity contribution is 6.03. The molecule has 9 heteroatoms. The van der Waals surface area contributed by atoms with E-state index in [1.807, 2.05) is 68.5 Å². The van der Waals surface area contributed by atoms with E-state index in [9.17, 15) is 9.59 Å². The Kier molecular flexibility index (Phi) is 6.84. The van der Waals surface area contributed by atoms with Gasteiger partial charge in [0.05, 0.1) is 5.52 Å². The predicted molar refractivity (Wildman–Crippen MR) is 119 cm³/mol. The summed E-state index contributed by atoms with van der Waals surface area (Å²) < 4.78 is 12.7. The van der Waals surface area contributed by atoms with Gasteiger partial charge in [-0.15, -0.1) is 5.10 Å². The van der Waals surface area contributed by atoms with Gasteiger partial charge in [0.2, 0.25) is 0 Å². The molecule has 0 spiro atoms. The van der Waals surface area contributed by atoms with Crippen molar-refractivity contribution in [1.29, 1.82) is 0 Å². The molecule has 2 heterocycles. The van der Waals surface area contributed by atoms with Gasteiger partial charge < -0.3 is 25.0 Å². The molecule has 2 N–H and O–H groups in total. The van der Waals surface area contributed by atoms with Gasteiger partial charge in [0.15, 0.2) is 5.82 Å². The summed E-state index contributed by atoms with van der Waals surface area (Å²) in [6.45, 7) is 6.58. The minimum Gasteiger partial charge on any atom is -0.445 e. The van der Waals surface area contributed by atoms with Crippen LogP contribution in [0.3, 0.4) is 0 Å². The highest BCUT2D eigenvalue weighted by atomic mass is 16.6. The first-order valence-electron chi connectivity index (χ1n) is 10.3. The average molecular weight is 428 g/mol.